The number of hydrogen-bond acceptors (Lipinski definition) is 4. The summed E-state index contributed by atoms with van der Waals surface area (Å²) in [4.78, 5) is 28.4. The van der Waals surface area contributed by atoms with E-state index in [1.165, 1.54) is 6.21 Å². The molecule has 12 heavy (non-hydrogen) atoms. The third-order valence-electron chi connectivity index (χ3n) is 1.35. The molecule has 0 aromatic rings. The number of rotatable bonds is 2. The zero-order chi connectivity index (χ0) is 9.14. The molecule has 0 aromatic carbocycles. The monoisotopic (exact) mass is 168 g/mol. The van der Waals surface area contributed by atoms with Crippen molar-refractivity contribution in [2.24, 2.45) is 27.4 Å². The Hall–Kier alpha value is -1.72. The molecule has 6 heteroatoms. The van der Waals surface area contributed by atoms with E-state index in [-0.39, 0.29) is 12.4 Å². The van der Waals surface area contributed by atoms with Crippen molar-refractivity contribution in [1.29, 1.82) is 0 Å². The van der Waals surface area contributed by atoms with Crippen molar-refractivity contribution in [3.05, 3.63) is 0 Å². The van der Waals surface area contributed by atoms with Crippen molar-refractivity contribution in [3.63, 3.8) is 0 Å². The normalized spacial score (nSPS) is 22.2. The van der Waals surface area contributed by atoms with Gasteiger partial charge in [0, 0.05) is 12.6 Å². The summed E-state index contributed by atoms with van der Waals surface area (Å²) in [7, 11) is 0. The van der Waals surface area contributed by atoms with E-state index in [1.807, 2.05) is 0 Å². The van der Waals surface area contributed by atoms with Gasteiger partial charge >= 0.3 is 0 Å². The van der Waals surface area contributed by atoms with Gasteiger partial charge in [0.1, 0.15) is 0 Å². The average Bonchev–Trinajstić information content (AvgIpc) is 1.94. The summed E-state index contributed by atoms with van der Waals surface area (Å²) in [5.41, 5.74) is 10.0. The molecular weight excluding hydrogens is 160 g/mol. The molecule has 1 atom stereocenters. The number of nitrogens with two attached hydrogens (primary N) is 2. The molecule has 0 fully saturated rings. The molecule has 0 spiro atoms. The Morgan fingerprint density at radius 3 is 2.83 bits per heavy atom. The number of carbonyl (C=O) groups is 2. The molecule has 4 N–H and O–H groups in total. The van der Waals surface area contributed by atoms with Gasteiger partial charge in [-0.05, 0) is 0 Å². The Morgan fingerprint density at radius 1 is 1.67 bits per heavy atom. The van der Waals surface area contributed by atoms with Crippen LogP contribution in [-0.2, 0) is 9.59 Å². The van der Waals surface area contributed by atoms with Crippen molar-refractivity contribution in [3.8, 4) is 0 Å². The third kappa shape index (κ3) is 1.88. The second-order valence-corrected chi connectivity index (χ2v) is 2.36. The maximum Gasteiger partial charge on any atom is 0.257 e. The van der Waals surface area contributed by atoms with Gasteiger partial charge in [-0.15, -0.1) is 0 Å². The van der Waals surface area contributed by atoms with Crippen LogP contribution in [-0.4, -0.2) is 24.0 Å². The zero-order valence-electron chi connectivity index (χ0n) is 6.23. The van der Waals surface area contributed by atoms with Gasteiger partial charge in [-0.25, -0.2) is 4.99 Å². The summed E-state index contributed by atoms with van der Waals surface area (Å²) in [5.74, 6) is -1.76. The molecule has 0 saturated heterocycles. The number of carbonyl (C=O) groups excluding carboxylic acids is 2. The minimum atomic E-state index is -0.644. The smallest absolute Gasteiger partial charge is 0.257 e. The second-order valence-electron chi connectivity index (χ2n) is 2.36. The standard InChI is InChI=1S/C6H8N4O2/c7-4(11)1-3-2-9-6(8)10-5(3)12/h2-3H,1H2,(H2,7,11)(H2,8,10,12). The van der Waals surface area contributed by atoms with Crippen molar-refractivity contribution < 1.29 is 9.59 Å². The topological polar surface area (TPSA) is 111 Å². The minimum Gasteiger partial charge on any atom is -0.370 e. The Morgan fingerprint density at radius 2 is 2.33 bits per heavy atom. The molecule has 1 aliphatic heterocycles. The number of amides is 2. The van der Waals surface area contributed by atoms with Crippen molar-refractivity contribution in [2.75, 3.05) is 0 Å². The highest BCUT2D eigenvalue weighted by atomic mass is 16.2. The van der Waals surface area contributed by atoms with E-state index in [2.05, 4.69) is 9.98 Å². The van der Waals surface area contributed by atoms with Crippen LogP contribution in [0.4, 0.5) is 0 Å². The molecule has 64 valence electrons. The first-order chi connectivity index (χ1) is 5.59. The number of hydrogen-bond donors (Lipinski definition) is 2. The molecule has 0 radical (unpaired) electrons. The summed E-state index contributed by atoms with van der Waals surface area (Å²) < 4.78 is 0. The van der Waals surface area contributed by atoms with E-state index in [9.17, 15) is 9.59 Å². The fourth-order valence-corrected chi connectivity index (χ4v) is 0.812. The van der Waals surface area contributed by atoms with Crippen LogP contribution in [0.5, 0.6) is 0 Å². The van der Waals surface area contributed by atoms with Crippen LogP contribution in [0, 0.1) is 5.92 Å². The van der Waals surface area contributed by atoms with E-state index in [0.29, 0.717) is 0 Å². The van der Waals surface area contributed by atoms with Crippen molar-refractivity contribution in [1.82, 2.24) is 0 Å². The third-order valence-corrected chi connectivity index (χ3v) is 1.35. The second kappa shape index (κ2) is 3.12. The molecule has 1 rings (SSSR count). The number of primary amides is 1. The first-order valence-corrected chi connectivity index (χ1v) is 3.30. The molecule has 1 aliphatic rings. The molecule has 0 saturated carbocycles. The van der Waals surface area contributed by atoms with E-state index in [1.54, 1.807) is 0 Å². The van der Waals surface area contributed by atoms with Crippen LogP contribution in [0.25, 0.3) is 0 Å². The van der Waals surface area contributed by atoms with Gasteiger partial charge in [0.25, 0.3) is 5.91 Å². The number of guanidine groups is 1. The summed E-state index contributed by atoms with van der Waals surface area (Å²) in [6.07, 6.45) is 1.22. The molecule has 0 bridgehead atoms. The van der Waals surface area contributed by atoms with Gasteiger partial charge < -0.3 is 11.5 Å². The Balaban J connectivity index is 2.66. The van der Waals surface area contributed by atoms with Crippen LogP contribution in [0.3, 0.4) is 0 Å². The minimum absolute atomic E-state index is 0.0703. The molecule has 2 amide bonds. The fraction of sp³-hybridized carbons (Fsp3) is 0.333. The summed E-state index contributed by atoms with van der Waals surface area (Å²) in [6.45, 7) is 0. The lowest BCUT2D eigenvalue weighted by atomic mass is 10.1. The maximum absolute atomic E-state index is 11.0. The molecule has 0 aromatic heterocycles. The molecule has 1 heterocycles. The Bertz CT molecular complexity index is 281. The Labute approximate surface area is 68.4 Å². The maximum atomic E-state index is 11.0. The molecule has 6 nitrogen and oxygen atoms in total. The largest absolute Gasteiger partial charge is 0.370 e. The van der Waals surface area contributed by atoms with Crippen molar-refractivity contribution >= 4 is 24.0 Å². The average molecular weight is 168 g/mol. The van der Waals surface area contributed by atoms with Gasteiger partial charge in [0.05, 0.1) is 5.92 Å². The summed E-state index contributed by atoms with van der Waals surface area (Å²) >= 11 is 0. The highest BCUT2D eigenvalue weighted by molar-refractivity contribution is 6.09. The first kappa shape index (κ1) is 8.38. The number of aliphatic imine (C=N–C) groups is 2. The fourth-order valence-electron chi connectivity index (χ4n) is 0.812. The predicted molar refractivity (Wildman–Crippen MR) is 42.4 cm³/mol. The Kier molecular flexibility index (Phi) is 2.18. The lowest BCUT2D eigenvalue weighted by Crippen LogP contribution is -2.28. The predicted octanol–water partition coefficient (Wildman–Crippen LogP) is -1.60. The zero-order valence-corrected chi connectivity index (χ0v) is 6.23. The van der Waals surface area contributed by atoms with E-state index in [0.717, 1.165) is 0 Å². The molecule has 0 aliphatic carbocycles. The highest BCUT2D eigenvalue weighted by Gasteiger charge is 2.21. The van der Waals surface area contributed by atoms with Gasteiger partial charge in [-0.2, -0.15) is 4.99 Å². The van der Waals surface area contributed by atoms with Crippen LogP contribution in [0.2, 0.25) is 0 Å². The van der Waals surface area contributed by atoms with Crippen molar-refractivity contribution in [2.45, 2.75) is 6.42 Å². The van der Waals surface area contributed by atoms with E-state index in [4.69, 9.17) is 11.5 Å². The summed E-state index contributed by atoms with van der Waals surface area (Å²) in [5, 5.41) is 0. The first-order valence-electron chi connectivity index (χ1n) is 3.30. The SMILES string of the molecule is NC(=O)CC1C=NC(N)=NC1=O. The van der Waals surface area contributed by atoms with Crippen LogP contribution in [0.1, 0.15) is 6.42 Å². The van der Waals surface area contributed by atoms with Gasteiger partial charge in [-0.3, -0.25) is 9.59 Å². The van der Waals surface area contributed by atoms with E-state index < -0.39 is 17.7 Å². The van der Waals surface area contributed by atoms with Gasteiger partial charge in [0.2, 0.25) is 11.9 Å². The molecular formula is C6H8N4O2. The lowest BCUT2D eigenvalue weighted by molar-refractivity contribution is -0.124. The highest BCUT2D eigenvalue weighted by Crippen LogP contribution is 2.05. The van der Waals surface area contributed by atoms with Crippen LogP contribution < -0.4 is 11.5 Å². The van der Waals surface area contributed by atoms with Gasteiger partial charge in [0.15, 0.2) is 0 Å². The van der Waals surface area contributed by atoms with Gasteiger partial charge in [-0.1, -0.05) is 0 Å². The lowest BCUT2D eigenvalue weighted by Gasteiger charge is -2.08. The van der Waals surface area contributed by atoms with Crippen LogP contribution >= 0.6 is 0 Å². The summed E-state index contributed by atoms with van der Waals surface area (Å²) in [6, 6.07) is 0. The molecule has 1 unspecified atom stereocenters. The quantitative estimate of drug-likeness (QED) is 0.518. The van der Waals surface area contributed by atoms with Crippen LogP contribution in [0.15, 0.2) is 9.98 Å². The van der Waals surface area contributed by atoms with E-state index >= 15 is 0 Å². The number of nitrogens with zero attached hydrogens (tertiary/aromatic N) is 2.